The lowest BCUT2D eigenvalue weighted by molar-refractivity contribution is -0.141. The highest BCUT2D eigenvalue weighted by Crippen LogP contribution is 2.23. The lowest BCUT2D eigenvalue weighted by atomic mass is 10.0. The quantitative estimate of drug-likeness (QED) is 0.250. The lowest BCUT2D eigenvalue weighted by Gasteiger charge is -2.32. The van der Waals surface area contributed by atoms with E-state index in [4.69, 9.17) is 23.2 Å². The van der Waals surface area contributed by atoms with Gasteiger partial charge in [-0.2, -0.15) is 0 Å². The van der Waals surface area contributed by atoms with E-state index in [2.05, 4.69) is 5.32 Å². The van der Waals surface area contributed by atoms with E-state index in [1.165, 1.54) is 0 Å². The summed E-state index contributed by atoms with van der Waals surface area (Å²) in [6, 6.07) is 24.2. The van der Waals surface area contributed by atoms with Gasteiger partial charge in [0.15, 0.2) is 0 Å². The Kier molecular flexibility index (Phi) is 11.2. The third-order valence-electron chi connectivity index (χ3n) is 5.94. The molecular formula is C29H32Cl2N2O2S. The Balaban J connectivity index is 1.84. The molecule has 3 rings (SSSR count). The van der Waals surface area contributed by atoms with Gasteiger partial charge in [0.05, 0.1) is 0 Å². The summed E-state index contributed by atoms with van der Waals surface area (Å²) in [4.78, 5) is 29.9. The first-order valence-corrected chi connectivity index (χ1v) is 13.9. The van der Waals surface area contributed by atoms with E-state index in [1.807, 2.05) is 80.6 Å². The van der Waals surface area contributed by atoms with Crippen LogP contribution in [-0.2, 0) is 22.6 Å². The van der Waals surface area contributed by atoms with E-state index in [1.54, 1.807) is 28.8 Å². The summed E-state index contributed by atoms with van der Waals surface area (Å²) in [5.74, 6) is 0.398. The van der Waals surface area contributed by atoms with Crippen LogP contribution >= 0.6 is 35.0 Å². The molecule has 1 N–H and O–H groups in total. The third kappa shape index (κ3) is 8.88. The molecule has 4 nitrogen and oxygen atoms in total. The monoisotopic (exact) mass is 542 g/mol. The fourth-order valence-electron chi connectivity index (χ4n) is 3.71. The van der Waals surface area contributed by atoms with Gasteiger partial charge >= 0.3 is 0 Å². The van der Waals surface area contributed by atoms with Gasteiger partial charge in [0.25, 0.3) is 0 Å². The van der Waals surface area contributed by atoms with Crippen molar-refractivity contribution < 1.29 is 9.59 Å². The third-order valence-corrected chi connectivity index (χ3v) is 7.45. The Hall–Kier alpha value is -2.47. The number of hydrogen-bond acceptors (Lipinski definition) is 3. The molecule has 0 saturated carbocycles. The van der Waals surface area contributed by atoms with Gasteiger partial charge < -0.3 is 10.2 Å². The number of benzene rings is 3. The molecule has 0 unspecified atom stereocenters. The lowest BCUT2D eigenvalue weighted by Crippen LogP contribution is -2.52. The molecule has 0 heterocycles. The summed E-state index contributed by atoms with van der Waals surface area (Å²) in [5.41, 5.74) is 1.93. The highest BCUT2D eigenvalue weighted by Gasteiger charge is 2.30. The van der Waals surface area contributed by atoms with Crippen molar-refractivity contribution in [1.29, 1.82) is 0 Å². The van der Waals surface area contributed by atoms with E-state index in [0.29, 0.717) is 35.2 Å². The zero-order valence-electron chi connectivity index (χ0n) is 20.6. The summed E-state index contributed by atoms with van der Waals surface area (Å²) < 4.78 is 0. The maximum Gasteiger partial charge on any atom is 0.243 e. The maximum absolute atomic E-state index is 13.6. The van der Waals surface area contributed by atoms with E-state index >= 15 is 0 Å². The summed E-state index contributed by atoms with van der Waals surface area (Å²) in [5, 5.41) is 4.41. The largest absolute Gasteiger partial charge is 0.352 e. The number of carbonyl (C=O) groups is 2. The summed E-state index contributed by atoms with van der Waals surface area (Å²) in [6.07, 6.45) is 1.56. The topological polar surface area (TPSA) is 49.4 Å². The molecule has 2 atom stereocenters. The van der Waals surface area contributed by atoms with Crippen LogP contribution in [0.15, 0.2) is 83.8 Å². The molecule has 0 fully saturated rings. The van der Waals surface area contributed by atoms with Crippen LogP contribution in [0.4, 0.5) is 0 Å². The molecule has 0 radical (unpaired) electrons. The molecule has 0 aliphatic carbocycles. The van der Waals surface area contributed by atoms with Gasteiger partial charge in [-0.15, -0.1) is 11.8 Å². The second-order valence-corrected chi connectivity index (χ2v) is 10.8. The predicted octanol–water partition coefficient (Wildman–Crippen LogP) is 7.03. The Morgan fingerprint density at radius 1 is 0.889 bits per heavy atom. The summed E-state index contributed by atoms with van der Waals surface area (Å²) in [7, 11) is 0. The Labute approximate surface area is 228 Å². The van der Waals surface area contributed by atoms with Gasteiger partial charge in [-0.1, -0.05) is 72.6 Å². The van der Waals surface area contributed by atoms with E-state index in [9.17, 15) is 9.59 Å². The number of nitrogens with one attached hydrogen (secondary N) is 1. The first-order chi connectivity index (χ1) is 17.4. The number of thioether (sulfide) groups is 1. The Morgan fingerprint density at radius 2 is 1.50 bits per heavy atom. The van der Waals surface area contributed by atoms with Crippen LogP contribution in [0.5, 0.6) is 0 Å². The number of rotatable bonds is 12. The fraction of sp³-hybridized carbons (Fsp3) is 0.310. The molecule has 36 heavy (non-hydrogen) atoms. The second kappa shape index (κ2) is 14.3. The summed E-state index contributed by atoms with van der Waals surface area (Å²) >= 11 is 13.7. The van der Waals surface area contributed by atoms with E-state index < -0.39 is 6.04 Å². The number of amides is 2. The second-order valence-electron chi connectivity index (χ2n) is 8.72. The molecular weight excluding hydrogens is 511 g/mol. The Bertz CT molecular complexity index is 1110. The fourth-order valence-corrected chi connectivity index (χ4v) is 4.81. The molecule has 0 bridgehead atoms. The minimum absolute atomic E-state index is 0.0173. The molecule has 0 aliphatic heterocycles. The molecule has 0 aliphatic rings. The minimum Gasteiger partial charge on any atom is -0.352 e. The molecule has 0 spiro atoms. The maximum atomic E-state index is 13.6. The van der Waals surface area contributed by atoms with Gasteiger partial charge in [0.1, 0.15) is 6.04 Å². The van der Waals surface area contributed by atoms with Crippen LogP contribution in [0.1, 0.15) is 37.8 Å². The highest BCUT2D eigenvalue weighted by molar-refractivity contribution is 7.99. The smallest absolute Gasteiger partial charge is 0.243 e. The van der Waals surface area contributed by atoms with Gasteiger partial charge in [-0.25, -0.2) is 0 Å². The van der Waals surface area contributed by atoms with Crippen LogP contribution in [0, 0.1) is 0 Å². The van der Waals surface area contributed by atoms with Crippen LogP contribution in [0.2, 0.25) is 10.0 Å². The van der Waals surface area contributed by atoms with Crippen molar-refractivity contribution in [2.24, 2.45) is 0 Å². The normalized spacial score (nSPS) is 12.6. The average Bonchev–Trinajstić information content (AvgIpc) is 2.88. The average molecular weight is 544 g/mol. The van der Waals surface area contributed by atoms with Crippen molar-refractivity contribution in [3.05, 3.63) is 100 Å². The van der Waals surface area contributed by atoms with Crippen molar-refractivity contribution in [3.8, 4) is 0 Å². The number of halogens is 2. The van der Waals surface area contributed by atoms with Crippen molar-refractivity contribution >= 4 is 46.8 Å². The molecule has 3 aromatic rings. The van der Waals surface area contributed by atoms with Crippen LogP contribution in [0.3, 0.4) is 0 Å². The van der Waals surface area contributed by atoms with E-state index in [0.717, 1.165) is 22.4 Å². The molecule has 190 valence electrons. The number of nitrogens with zero attached hydrogens (tertiary/aromatic N) is 1. The highest BCUT2D eigenvalue weighted by atomic mass is 35.5. The standard InChI is InChI=1S/C29H32Cl2N2O2S/c1-3-21(2)32-29(35)27(19-22-7-5-4-6-8-22)33(20-23-9-11-24(30)12-10-23)28(34)17-18-36-26-15-13-25(31)14-16-26/h4-16,21,27H,3,17-20H2,1-2H3,(H,32,35)/t21-,27-/m1/s1. The van der Waals surface area contributed by atoms with Crippen molar-refractivity contribution in [3.63, 3.8) is 0 Å². The molecule has 2 amide bonds. The van der Waals surface area contributed by atoms with Crippen molar-refractivity contribution in [2.45, 2.75) is 56.6 Å². The van der Waals surface area contributed by atoms with Gasteiger partial charge in [0, 0.05) is 46.1 Å². The van der Waals surface area contributed by atoms with E-state index in [-0.39, 0.29) is 17.9 Å². The zero-order valence-corrected chi connectivity index (χ0v) is 23.0. The van der Waals surface area contributed by atoms with Gasteiger partial charge in [-0.3, -0.25) is 9.59 Å². The number of hydrogen-bond donors (Lipinski definition) is 1. The Morgan fingerprint density at radius 3 is 2.11 bits per heavy atom. The van der Waals surface area contributed by atoms with Gasteiger partial charge in [0.2, 0.25) is 11.8 Å². The minimum atomic E-state index is -0.634. The van der Waals surface area contributed by atoms with Crippen molar-refractivity contribution in [2.75, 3.05) is 5.75 Å². The molecule has 3 aromatic carbocycles. The summed E-state index contributed by atoms with van der Waals surface area (Å²) in [6.45, 7) is 4.33. The number of carbonyl (C=O) groups excluding carboxylic acids is 2. The first-order valence-electron chi connectivity index (χ1n) is 12.1. The van der Waals surface area contributed by atoms with Gasteiger partial charge in [-0.05, 0) is 60.9 Å². The molecule has 0 saturated heterocycles. The van der Waals surface area contributed by atoms with Crippen LogP contribution < -0.4 is 5.32 Å². The van der Waals surface area contributed by atoms with Crippen molar-refractivity contribution in [1.82, 2.24) is 10.2 Å². The predicted molar refractivity (Wildman–Crippen MR) is 151 cm³/mol. The zero-order chi connectivity index (χ0) is 25.9. The SMILES string of the molecule is CC[C@@H](C)NC(=O)[C@@H](Cc1ccccc1)N(Cc1ccc(Cl)cc1)C(=O)CCSc1ccc(Cl)cc1. The van der Waals surface area contributed by atoms with Crippen LogP contribution in [0.25, 0.3) is 0 Å². The van der Waals surface area contributed by atoms with Crippen LogP contribution in [-0.4, -0.2) is 34.6 Å². The molecule has 7 heteroatoms. The first kappa shape index (κ1) is 28.1. The molecule has 0 aromatic heterocycles.